The highest BCUT2D eigenvalue weighted by atomic mass is 19.1. The van der Waals surface area contributed by atoms with Crippen LogP contribution in [0.5, 0.6) is 0 Å². The van der Waals surface area contributed by atoms with E-state index in [1.165, 1.54) is 0 Å². The molecule has 0 aliphatic carbocycles. The molecule has 5 heterocycles. The topological polar surface area (TPSA) is 77.3 Å². The largest absolute Gasteiger partial charge is 0.256 e. The summed E-state index contributed by atoms with van der Waals surface area (Å²) in [5, 5.41) is 0. The van der Waals surface area contributed by atoms with Gasteiger partial charge in [0.2, 0.25) is 0 Å². The van der Waals surface area contributed by atoms with E-state index in [1.807, 2.05) is 76.7 Å². The summed E-state index contributed by atoms with van der Waals surface area (Å²) in [5.41, 5.74) is 50.4. The lowest BCUT2D eigenvalue weighted by atomic mass is 9.86. The fourth-order valence-corrected chi connectivity index (χ4v) is 21.3. The van der Waals surface area contributed by atoms with Crippen LogP contribution in [0.2, 0.25) is 0 Å². The molecule has 0 unspecified atom stereocenters. The summed E-state index contributed by atoms with van der Waals surface area (Å²) < 4.78 is 58.8. The maximum atomic E-state index is 14.7. The molecule has 718 valence electrons. The Morgan fingerprint density at radius 3 is 0.433 bits per heavy atom. The van der Waals surface area contributed by atoms with Crippen LogP contribution in [0.1, 0.15) is 44.5 Å². The zero-order chi connectivity index (χ0) is 102. The van der Waals surface area contributed by atoms with Gasteiger partial charge in [-0.1, -0.05) is 315 Å². The van der Waals surface area contributed by atoms with Crippen molar-refractivity contribution in [2.24, 2.45) is 0 Å². The zero-order valence-corrected chi connectivity index (χ0v) is 84.1. The van der Waals surface area contributed by atoms with E-state index in [9.17, 15) is 17.6 Å². The molecule has 0 bridgehead atoms. The Labute approximate surface area is 872 Å². The number of nitrogens with zero attached hydrogens (tertiary/aromatic N) is 6. The standard InChI is InChI=1S/C140H100F4N6/c1-85-57-105(75-115(141)61-85)131-80-145-135(65-89(131)5)99-45-33-93(34-46-99)119-21-9-15-27-125(119)109-69-110(126-28-16-10-22-120(126)94-35-47-100(48-36-94)136-66-90(6)132(81-146-136)106-58-86(2)62-116(142)76-106)72-113(71-109)129-31-19-13-25-123(129)97-41-53-103(54-42-97)139-79-140(150-84-149-139)104-55-43-98(44-56-104)124-26-14-20-32-130(124)114-73-111(127-29-17-11-23-121(127)95-37-49-101(50-38-95)137-67-91(7)133(82-147-137)107-59-87(3)63-117(143)77-107)70-112(74-114)128-30-18-12-24-122(128)96-39-51-102(52-40-96)138-68-92(8)134(83-148-138)108-60-88(4)64-118(144)78-108/h9-84H,1-8H3. The number of pyridine rings is 4. The number of hydrogen-bond donors (Lipinski definition) is 0. The SMILES string of the molecule is Cc1cc(F)cc(-c2cnc(-c3ccc(-c4ccccc4-c4cc(-c5ccccc5-c5ccc(-c6cc(-c7ccc(-c8ccccc8-c8cc(-c9ccccc9-c9ccc(-c%10cc(C)c(-c%11cc(C)cc(F)c%11)cn%10)cc9)cc(-c9ccccc9-c9ccc(-c%10cc(C)c(-c%11cc(C)cc(F)c%11)cn%10)cc9)c8)cc7)ncn6)cc5)cc(-c5ccccc5-c5ccc(-c6cc(C)c(-c7cc(C)cc(F)c7)cn6)cc5)c4)cc3)cc2C)c1. The summed E-state index contributed by atoms with van der Waals surface area (Å²) in [5.74, 6) is -1.07. The van der Waals surface area contributed by atoms with Crippen molar-refractivity contribution in [3.63, 3.8) is 0 Å². The van der Waals surface area contributed by atoms with Crippen molar-refractivity contribution in [2.75, 3.05) is 0 Å². The van der Waals surface area contributed by atoms with Crippen molar-refractivity contribution in [1.29, 1.82) is 0 Å². The van der Waals surface area contributed by atoms with E-state index in [-0.39, 0.29) is 23.3 Å². The predicted octanol–water partition coefficient (Wildman–Crippen LogP) is 37.8. The Balaban J connectivity index is 0.559. The first-order valence-corrected chi connectivity index (χ1v) is 50.5. The van der Waals surface area contributed by atoms with E-state index in [4.69, 9.17) is 29.9 Å². The molecule has 10 heteroatoms. The number of hydrogen-bond acceptors (Lipinski definition) is 6. The first-order chi connectivity index (χ1) is 73.2. The van der Waals surface area contributed by atoms with Gasteiger partial charge in [-0.3, -0.25) is 19.9 Å². The summed E-state index contributed by atoms with van der Waals surface area (Å²) in [7, 11) is 0. The van der Waals surface area contributed by atoms with E-state index in [2.05, 4.69) is 386 Å². The Bertz CT molecular complexity index is 8150. The third kappa shape index (κ3) is 19.6. The molecule has 0 aliphatic rings. The Morgan fingerprint density at radius 1 is 0.127 bits per heavy atom. The summed E-state index contributed by atoms with van der Waals surface area (Å²) in [6.07, 6.45) is 9.07. The molecule has 6 nitrogen and oxygen atoms in total. The first kappa shape index (κ1) is 94.9. The highest BCUT2D eigenvalue weighted by Crippen LogP contribution is 2.49. The minimum Gasteiger partial charge on any atom is -0.256 e. The lowest BCUT2D eigenvalue weighted by Crippen LogP contribution is -1.93. The van der Waals surface area contributed by atoms with E-state index < -0.39 is 0 Å². The van der Waals surface area contributed by atoms with Gasteiger partial charge in [0.05, 0.1) is 34.2 Å². The molecule has 23 aromatic rings. The summed E-state index contributed by atoms with van der Waals surface area (Å²) >= 11 is 0. The second-order valence-electron chi connectivity index (χ2n) is 39.2. The zero-order valence-electron chi connectivity index (χ0n) is 84.1. The lowest BCUT2D eigenvalue weighted by molar-refractivity contribution is 0.626. The lowest BCUT2D eigenvalue weighted by Gasteiger charge is -2.18. The van der Waals surface area contributed by atoms with Crippen LogP contribution in [-0.4, -0.2) is 29.9 Å². The summed E-state index contributed by atoms with van der Waals surface area (Å²) in [6, 6.07) is 149. The summed E-state index contributed by atoms with van der Waals surface area (Å²) in [4.78, 5) is 29.6. The van der Waals surface area contributed by atoms with Crippen LogP contribution in [-0.2, 0) is 0 Å². The van der Waals surface area contributed by atoms with Gasteiger partial charge >= 0.3 is 0 Å². The number of aromatic nitrogens is 6. The van der Waals surface area contributed by atoms with Crippen molar-refractivity contribution in [3.05, 3.63) is 530 Å². The van der Waals surface area contributed by atoms with E-state index in [1.54, 1.807) is 54.9 Å². The van der Waals surface area contributed by atoms with Gasteiger partial charge in [0.15, 0.2) is 0 Å². The second kappa shape index (κ2) is 40.8. The first-order valence-electron chi connectivity index (χ1n) is 50.5. The molecule has 0 spiro atoms. The number of benzene rings is 18. The molecule has 5 aromatic heterocycles. The molecular formula is C140H100F4N6. The third-order valence-electron chi connectivity index (χ3n) is 28.8. The Kier molecular flexibility index (Phi) is 25.8. The molecular weight excluding hydrogens is 1840 g/mol. The van der Waals surface area contributed by atoms with E-state index in [0.29, 0.717) is 0 Å². The minimum atomic E-state index is -0.268. The molecule has 0 saturated carbocycles. The maximum Gasteiger partial charge on any atom is 0.124 e. The molecule has 150 heavy (non-hydrogen) atoms. The van der Waals surface area contributed by atoms with Gasteiger partial charge < -0.3 is 0 Å². The molecule has 23 rings (SSSR count). The average Bonchev–Trinajstić information content (AvgIpc) is 0.762. The highest BCUT2D eigenvalue weighted by Gasteiger charge is 2.24. The van der Waals surface area contributed by atoms with Gasteiger partial charge in [0.1, 0.15) is 29.6 Å². The van der Waals surface area contributed by atoms with Gasteiger partial charge in [0.25, 0.3) is 0 Å². The van der Waals surface area contributed by atoms with E-state index >= 15 is 0 Å². The monoisotopic (exact) mass is 1940 g/mol. The Morgan fingerprint density at radius 2 is 0.273 bits per heavy atom. The quantitative estimate of drug-likeness (QED) is 0.0629. The van der Waals surface area contributed by atoms with Crippen LogP contribution in [0.3, 0.4) is 0 Å². The average molecular weight is 1940 g/mol. The molecule has 0 aliphatic heterocycles. The molecule has 0 N–H and O–H groups in total. The fourth-order valence-electron chi connectivity index (χ4n) is 21.3. The normalized spacial score (nSPS) is 11.3. The van der Waals surface area contributed by atoms with Crippen LogP contribution < -0.4 is 0 Å². The van der Waals surface area contributed by atoms with Gasteiger partial charge in [-0.05, 0) is 371 Å². The van der Waals surface area contributed by atoms with Gasteiger partial charge in [-0.15, -0.1) is 0 Å². The van der Waals surface area contributed by atoms with Gasteiger partial charge in [-0.25, -0.2) is 27.5 Å². The maximum absolute atomic E-state index is 14.7. The van der Waals surface area contributed by atoms with Crippen LogP contribution >= 0.6 is 0 Å². The van der Waals surface area contributed by atoms with Crippen LogP contribution in [0.15, 0.2) is 462 Å². The number of aryl methyl sites for hydroxylation is 8. The van der Waals surface area contributed by atoms with Crippen molar-refractivity contribution in [1.82, 2.24) is 29.9 Å². The molecule has 0 fully saturated rings. The predicted molar refractivity (Wildman–Crippen MR) is 611 cm³/mol. The second-order valence-corrected chi connectivity index (χ2v) is 39.2. The van der Waals surface area contributed by atoms with Crippen molar-refractivity contribution >= 4 is 0 Å². The van der Waals surface area contributed by atoms with Crippen molar-refractivity contribution < 1.29 is 17.6 Å². The number of rotatable bonds is 22. The third-order valence-corrected chi connectivity index (χ3v) is 28.8. The van der Waals surface area contributed by atoms with Gasteiger partial charge in [0, 0.05) is 80.4 Å². The molecule has 18 aromatic carbocycles. The molecule has 0 radical (unpaired) electrons. The fraction of sp³-hybridized carbons (Fsp3) is 0.0571. The van der Waals surface area contributed by atoms with Crippen molar-refractivity contribution in [3.8, 4) is 246 Å². The van der Waals surface area contributed by atoms with Crippen LogP contribution in [0.4, 0.5) is 17.6 Å². The van der Waals surface area contributed by atoms with Crippen LogP contribution in [0.25, 0.3) is 246 Å². The molecule has 0 saturated heterocycles. The number of halogens is 4. The molecule has 0 atom stereocenters. The van der Waals surface area contributed by atoms with Gasteiger partial charge in [-0.2, -0.15) is 0 Å². The van der Waals surface area contributed by atoms with E-state index in [0.717, 1.165) is 290 Å². The van der Waals surface area contributed by atoms with Crippen LogP contribution in [0, 0.1) is 78.7 Å². The van der Waals surface area contributed by atoms with Crippen molar-refractivity contribution in [2.45, 2.75) is 55.4 Å². The summed E-state index contributed by atoms with van der Waals surface area (Å²) in [6.45, 7) is 15.8. The highest BCUT2D eigenvalue weighted by molar-refractivity contribution is 5.99. The smallest absolute Gasteiger partial charge is 0.124 e. The Hall–Kier alpha value is -18.6. The molecule has 0 amide bonds. The minimum absolute atomic E-state index is 0.268.